The lowest BCUT2D eigenvalue weighted by molar-refractivity contribution is -0.131. The Morgan fingerprint density at radius 1 is 1.29 bits per heavy atom. The Kier molecular flexibility index (Phi) is 4.19. The van der Waals surface area contributed by atoms with Crippen LogP contribution in [0, 0.1) is 12.3 Å². The molecular formula is C14H20N2O. The fourth-order valence-electron chi connectivity index (χ4n) is 2.64. The summed E-state index contributed by atoms with van der Waals surface area (Å²) in [6.45, 7) is 0. The SMILES string of the molecule is C#CCCC1=NN(C2CCCCCC2)C(=O)C1. The molecule has 0 atom stereocenters. The maximum atomic E-state index is 11.9. The molecule has 0 bridgehead atoms. The van der Waals surface area contributed by atoms with Gasteiger partial charge in [0.25, 0.3) is 0 Å². The molecule has 0 saturated heterocycles. The van der Waals surface area contributed by atoms with E-state index in [0.717, 1.165) is 25.0 Å². The van der Waals surface area contributed by atoms with E-state index in [0.29, 0.717) is 18.9 Å². The second-order valence-corrected chi connectivity index (χ2v) is 4.93. The molecule has 1 heterocycles. The van der Waals surface area contributed by atoms with Gasteiger partial charge in [0, 0.05) is 12.1 Å². The fourth-order valence-corrected chi connectivity index (χ4v) is 2.64. The van der Waals surface area contributed by atoms with Crippen molar-refractivity contribution in [1.82, 2.24) is 5.01 Å². The molecule has 0 aromatic rings. The lowest BCUT2D eigenvalue weighted by atomic mass is 10.1. The average Bonchev–Trinajstić information content (AvgIpc) is 2.56. The van der Waals surface area contributed by atoms with Crippen molar-refractivity contribution in [2.45, 2.75) is 63.8 Å². The summed E-state index contributed by atoms with van der Waals surface area (Å²) in [5, 5.41) is 6.22. The summed E-state index contributed by atoms with van der Waals surface area (Å²) in [6.07, 6.45) is 14.4. The van der Waals surface area contributed by atoms with Gasteiger partial charge in [-0.25, -0.2) is 5.01 Å². The summed E-state index contributed by atoms with van der Waals surface area (Å²) >= 11 is 0. The van der Waals surface area contributed by atoms with E-state index in [1.54, 1.807) is 5.01 Å². The minimum atomic E-state index is 0.170. The Bertz CT molecular complexity index is 346. The van der Waals surface area contributed by atoms with E-state index in [-0.39, 0.29) is 5.91 Å². The van der Waals surface area contributed by atoms with Crippen LogP contribution in [0.1, 0.15) is 57.8 Å². The molecule has 1 aliphatic carbocycles. The largest absolute Gasteiger partial charge is 0.273 e. The molecule has 92 valence electrons. The number of amides is 1. The zero-order chi connectivity index (χ0) is 12.1. The zero-order valence-corrected chi connectivity index (χ0v) is 10.3. The van der Waals surface area contributed by atoms with E-state index in [1.165, 1.54) is 25.7 Å². The van der Waals surface area contributed by atoms with Crippen molar-refractivity contribution in [3.05, 3.63) is 0 Å². The van der Waals surface area contributed by atoms with Gasteiger partial charge in [-0.2, -0.15) is 5.10 Å². The molecule has 0 unspecified atom stereocenters. The maximum absolute atomic E-state index is 11.9. The molecule has 0 N–H and O–H groups in total. The first-order valence-electron chi connectivity index (χ1n) is 6.63. The van der Waals surface area contributed by atoms with Gasteiger partial charge in [0.2, 0.25) is 5.91 Å². The number of terminal acetylenes is 1. The molecule has 1 saturated carbocycles. The van der Waals surface area contributed by atoms with Gasteiger partial charge >= 0.3 is 0 Å². The number of carbonyl (C=O) groups is 1. The molecule has 1 fully saturated rings. The van der Waals surface area contributed by atoms with Crippen LogP contribution in [0.4, 0.5) is 0 Å². The predicted octanol–water partition coefficient (Wildman–Crippen LogP) is 2.71. The highest BCUT2D eigenvalue weighted by Crippen LogP contribution is 2.25. The highest BCUT2D eigenvalue weighted by molar-refractivity contribution is 6.05. The summed E-state index contributed by atoms with van der Waals surface area (Å²) in [4.78, 5) is 11.9. The van der Waals surface area contributed by atoms with Crippen LogP contribution in [0.3, 0.4) is 0 Å². The number of hydrazone groups is 1. The van der Waals surface area contributed by atoms with Crippen LogP contribution in [-0.2, 0) is 4.79 Å². The van der Waals surface area contributed by atoms with Crippen LogP contribution in [0.15, 0.2) is 5.10 Å². The highest BCUT2D eigenvalue weighted by Gasteiger charge is 2.29. The highest BCUT2D eigenvalue weighted by atomic mass is 16.2. The van der Waals surface area contributed by atoms with Gasteiger partial charge in [-0.3, -0.25) is 4.79 Å². The Labute approximate surface area is 103 Å². The Morgan fingerprint density at radius 3 is 2.65 bits per heavy atom. The van der Waals surface area contributed by atoms with Crippen molar-refractivity contribution < 1.29 is 4.79 Å². The molecule has 2 aliphatic rings. The van der Waals surface area contributed by atoms with Crippen LogP contribution < -0.4 is 0 Å². The van der Waals surface area contributed by atoms with E-state index in [9.17, 15) is 4.79 Å². The molecule has 1 aliphatic heterocycles. The van der Waals surface area contributed by atoms with E-state index < -0.39 is 0 Å². The lowest BCUT2D eigenvalue weighted by Gasteiger charge is -2.22. The van der Waals surface area contributed by atoms with Gasteiger partial charge in [0.1, 0.15) is 0 Å². The van der Waals surface area contributed by atoms with Crippen molar-refractivity contribution in [2.24, 2.45) is 5.10 Å². The Hall–Kier alpha value is -1.30. The quantitative estimate of drug-likeness (QED) is 0.544. The molecule has 3 heteroatoms. The normalized spacial score (nSPS) is 22.2. The number of hydrogen-bond donors (Lipinski definition) is 0. The topological polar surface area (TPSA) is 32.7 Å². The van der Waals surface area contributed by atoms with Crippen molar-refractivity contribution in [3.63, 3.8) is 0 Å². The van der Waals surface area contributed by atoms with Crippen LogP contribution in [-0.4, -0.2) is 22.7 Å². The summed E-state index contributed by atoms with van der Waals surface area (Å²) in [5.74, 6) is 2.77. The van der Waals surface area contributed by atoms with Crippen LogP contribution in [0.5, 0.6) is 0 Å². The summed E-state index contributed by atoms with van der Waals surface area (Å²) in [6, 6.07) is 0.341. The minimum absolute atomic E-state index is 0.170. The summed E-state index contributed by atoms with van der Waals surface area (Å²) in [7, 11) is 0. The van der Waals surface area contributed by atoms with E-state index in [1.807, 2.05) is 0 Å². The van der Waals surface area contributed by atoms with Gasteiger partial charge < -0.3 is 0 Å². The van der Waals surface area contributed by atoms with Crippen molar-refractivity contribution in [1.29, 1.82) is 0 Å². The third-order valence-corrected chi connectivity index (χ3v) is 3.59. The molecule has 0 spiro atoms. The number of carbonyl (C=O) groups excluding carboxylic acids is 1. The monoisotopic (exact) mass is 232 g/mol. The minimum Gasteiger partial charge on any atom is -0.273 e. The first-order valence-corrected chi connectivity index (χ1v) is 6.63. The molecule has 17 heavy (non-hydrogen) atoms. The molecule has 1 amide bonds. The van der Waals surface area contributed by atoms with Gasteiger partial charge in [-0.15, -0.1) is 12.3 Å². The average molecular weight is 232 g/mol. The van der Waals surface area contributed by atoms with E-state index >= 15 is 0 Å². The van der Waals surface area contributed by atoms with Crippen LogP contribution in [0.2, 0.25) is 0 Å². The lowest BCUT2D eigenvalue weighted by Crippen LogP contribution is -2.32. The number of rotatable bonds is 3. The van der Waals surface area contributed by atoms with Crippen LogP contribution in [0.25, 0.3) is 0 Å². The molecule has 0 radical (unpaired) electrons. The smallest absolute Gasteiger partial charge is 0.248 e. The maximum Gasteiger partial charge on any atom is 0.248 e. The Morgan fingerprint density at radius 2 is 2.00 bits per heavy atom. The third-order valence-electron chi connectivity index (χ3n) is 3.59. The zero-order valence-electron chi connectivity index (χ0n) is 10.3. The van der Waals surface area contributed by atoms with E-state index in [2.05, 4.69) is 11.0 Å². The molecule has 2 rings (SSSR count). The van der Waals surface area contributed by atoms with Crippen LogP contribution >= 0.6 is 0 Å². The molecular weight excluding hydrogens is 212 g/mol. The van der Waals surface area contributed by atoms with Crippen molar-refractivity contribution in [2.75, 3.05) is 0 Å². The number of nitrogens with zero attached hydrogens (tertiary/aromatic N) is 2. The summed E-state index contributed by atoms with van der Waals surface area (Å²) < 4.78 is 0. The molecule has 0 aromatic carbocycles. The number of hydrogen-bond acceptors (Lipinski definition) is 2. The van der Waals surface area contributed by atoms with Gasteiger partial charge in [0.15, 0.2) is 0 Å². The van der Waals surface area contributed by atoms with Gasteiger partial charge in [0.05, 0.1) is 12.5 Å². The summed E-state index contributed by atoms with van der Waals surface area (Å²) in [5.41, 5.74) is 0.970. The standard InChI is InChI=1S/C14H20N2O/c1-2-3-8-12-11-14(17)16(15-12)13-9-6-4-5-7-10-13/h1,13H,3-11H2. The van der Waals surface area contributed by atoms with Crippen molar-refractivity contribution in [3.8, 4) is 12.3 Å². The molecule has 3 nitrogen and oxygen atoms in total. The molecule has 0 aromatic heterocycles. The second-order valence-electron chi connectivity index (χ2n) is 4.93. The van der Waals surface area contributed by atoms with Gasteiger partial charge in [-0.05, 0) is 19.3 Å². The fraction of sp³-hybridized carbons (Fsp3) is 0.714. The van der Waals surface area contributed by atoms with E-state index in [4.69, 9.17) is 6.42 Å². The van der Waals surface area contributed by atoms with Crippen molar-refractivity contribution >= 4 is 11.6 Å². The first kappa shape index (κ1) is 12.2. The Balaban J connectivity index is 1.97. The third kappa shape index (κ3) is 3.09. The second kappa shape index (κ2) is 5.86. The van der Waals surface area contributed by atoms with Gasteiger partial charge in [-0.1, -0.05) is 25.7 Å². The first-order chi connectivity index (χ1) is 8.31. The predicted molar refractivity (Wildman–Crippen MR) is 68.5 cm³/mol.